The van der Waals surface area contributed by atoms with Gasteiger partial charge in [-0.2, -0.15) is 13.2 Å². The number of rotatable bonds is 2. The summed E-state index contributed by atoms with van der Waals surface area (Å²) in [6.07, 6.45) is -5.19. The van der Waals surface area contributed by atoms with Gasteiger partial charge in [0.25, 0.3) is 17.5 Å². The van der Waals surface area contributed by atoms with Crippen LogP contribution >= 0.6 is 0 Å². The Balaban J connectivity index is 2.42. The number of hydrogen-bond donors (Lipinski definition) is 2. The van der Waals surface area contributed by atoms with Crippen LogP contribution < -0.4 is 10.6 Å². The van der Waals surface area contributed by atoms with Gasteiger partial charge in [-0.05, 0) is 18.6 Å². The molecule has 4 amide bonds. The summed E-state index contributed by atoms with van der Waals surface area (Å²) >= 11 is 0. The molecule has 0 bridgehead atoms. The summed E-state index contributed by atoms with van der Waals surface area (Å²) in [4.78, 5) is 35.6. The summed E-state index contributed by atoms with van der Waals surface area (Å²) < 4.78 is 39.9. The number of benzene rings is 1. The van der Waals surface area contributed by atoms with Gasteiger partial charge in [0.05, 0.1) is 0 Å². The zero-order chi connectivity index (χ0) is 16.7. The summed E-state index contributed by atoms with van der Waals surface area (Å²) in [6, 6.07) is 4.70. The highest BCUT2D eigenvalue weighted by Gasteiger charge is 2.68. The Kier molecular flexibility index (Phi) is 3.59. The van der Waals surface area contributed by atoms with E-state index in [1.54, 1.807) is 11.4 Å². The first kappa shape index (κ1) is 15.8. The predicted octanol–water partition coefficient (Wildman–Crippen LogP) is 1.17. The molecule has 22 heavy (non-hydrogen) atoms. The first-order valence-corrected chi connectivity index (χ1v) is 6.15. The predicted molar refractivity (Wildman–Crippen MR) is 68.7 cm³/mol. The average molecular weight is 315 g/mol. The van der Waals surface area contributed by atoms with E-state index in [4.69, 9.17) is 0 Å². The summed E-state index contributed by atoms with van der Waals surface area (Å²) in [5.74, 6) is -2.70. The van der Waals surface area contributed by atoms with Gasteiger partial charge in [-0.1, -0.05) is 18.2 Å². The van der Waals surface area contributed by atoms with Gasteiger partial charge in [-0.25, -0.2) is 4.79 Å². The van der Waals surface area contributed by atoms with Gasteiger partial charge in [0, 0.05) is 12.6 Å². The smallest absolute Gasteiger partial charge is 0.314 e. The van der Waals surface area contributed by atoms with Crippen LogP contribution in [0.15, 0.2) is 24.3 Å². The third kappa shape index (κ3) is 2.28. The van der Waals surface area contributed by atoms with Gasteiger partial charge in [0.1, 0.15) is 0 Å². The lowest BCUT2D eigenvalue weighted by Crippen LogP contribution is -2.69. The molecule has 1 saturated heterocycles. The van der Waals surface area contributed by atoms with Crippen molar-refractivity contribution in [1.29, 1.82) is 0 Å². The monoisotopic (exact) mass is 315 g/mol. The van der Waals surface area contributed by atoms with Gasteiger partial charge < -0.3 is 5.32 Å². The van der Waals surface area contributed by atoms with E-state index in [1.807, 2.05) is 0 Å². The quantitative estimate of drug-likeness (QED) is 0.804. The summed E-state index contributed by atoms with van der Waals surface area (Å²) in [5.41, 5.74) is -3.05. The van der Waals surface area contributed by atoms with Crippen LogP contribution in [0.1, 0.15) is 15.9 Å². The fourth-order valence-electron chi connectivity index (χ4n) is 2.05. The Bertz CT molecular complexity index is 659. The lowest BCUT2D eigenvalue weighted by molar-refractivity contribution is -0.199. The lowest BCUT2D eigenvalue weighted by atomic mass is 10.1. The molecule has 0 aliphatic carbocycles. The minimum atomic E-state index is -5.19. The van der Waals surface area contributed by atoms with Crippen LogP contribution in [0, 0.1) is 6.92 Å². The minimum absolute atomic E-state index is 0.0253. The Morgan fingerprint density at radius 3 is 2.32 bits per heavy atom. The van der Waals surface area contributed by atoms with Crippen LogP contribution in [0.2, 0.25) is 0 Å². The molecular formula is C13H12F3N3O3. The van der Waals surface area contributed by atoms with Gasteiger partial charge in [0.15, 0.2) is 0 Å². The van der Waals surface area contributed by atoms with Crippen molar-refractivity contribution in [1.82, 2.24) is 15.5 Å². The number of urea groups is 1. The second kappa shape index (κ2) is 5.00. The second-order valence-corrected chi connectivity index (χ2v) is 4.81. The zero-order valence-corrected chi connectivity index (χ0v) is 11.6. The van der Waals surface area contributed by atoms with Crippen molar-refractivity contribution < 1.29 is 27.6 Å². The Labute approximate surface area is 123 Å². The second-order valence-electron chi connectivity index (χ2n) is 4.81. The molecule has 0 aromatic heterocycles. The van der Waals surface area contributed by atoms with Crippen LogP contribution in [0.4, 0.5) is 18.0 Å². The summed E-state index contributed by atoms with van der Waals surface area (Å²) in [5, 5.41) is 3.12. The SMILES string of the molecule is Cc1ccccc1C(=O)N[C@@]1(C(F)(F)F)NC(=O)N(C)C1=O. The van der Waals surface area contributed by atoms with E-state index in [0.717, 1.165) is 7.05 Å². The van der Waals surface area contributed by atoms with Gasteiger partial charge >= 0.3 is 12.2 Å². The van der Waals surface area contributed by atoms with E-state index in [-0.39, 0.29) is 10.5 Å². The number of hydrogen-bond acceptors (Lipinski definition) is 3. The molecule has 1 aromatic rings. The van der Waals surface area contributed by atoms with Crippen molar-refractivity contribution in [3.05, 3.63) is 35.4 Å². The van der Waals surface area contributed by atoms with Crippen molar-refractivity contribution in [2.24, 2.45) is 0 Å². The Morgan fingerprint density at radius 1 is 1.27 bits per heavy atom. The number of carbonyl (C=O) groups excluding carboxylic acids is 3. The number of halogens is 3. The highest BCUT2D eigenvalue weighted by Crippen LogP contribution is 2.33. The standard InChI is InChI=1S/C13H12F3N3O3/c1-7-5-3-4-6-8(7)9(20)17-12(13(14,15)16)10(21)19(2)11(22)18-12/h3-6H,1-2H3,(H,17,20)(H,18,22)/t12-/m1/s1. The Morgan fingerprint density at radius 2 is 1.86 bits per heavy atom. The number of aryl methyl sites for hydroxylation is 1. The van der Waals surface area contributed by atoms with Gasteiger partial charge in [-0.15, -0.1) is 0 Å². The maximum absolute atomic E-state index is 13.3. The third-order valence-corrected chi connectivity index (χ3v) is 3.34. The molecular weight excluding hydrogens is 303 g/mol. The maximum atomic E-state index is 13.3. The van der Waals surface area contributed by atoms with Crippen LogP contribution in [0.25, 0.3) is 0 Å². The zero-order valence-electron chi connectivity index (χ0n) is 11.6. The molecule has 0 unspecified atom stereocenters. The largest absolute Gasteiger partial charge is 0.440 e. The highest BCUT2D eigenvalue weighted by molar-refractivity contribution is 6.10. The van der Waals surface area contributed by atoms with Crippen molar-refractivity contribution in [3.8, 4) is 0 Å². The minimum Gasteiger partial charge on any atom is -0.314 e. The van der Waals surface area contributed by atoms with Crippen LogP contribution in [-0.2, 0) is 4.79 Å². The van der Waals surface area contributed by atoms with E-state index in [9.17, 15) is 27.6 Å². The number of amides is 4. The molecule has 1 atom stereocenters. The number of imide groups is 1. The fraction of sp³-hybridized carbons (Fsp3) is 0.308. The molecule has 1 aromatic carbocycles. The van der Waals surface area contributed by atoms with Crippen LogP contribution in [0.3, 0.4) is 0 Å². The number of alkyl halides is 3. The molecule has 2 N–H and O–H groups in total. The number of likely N-dealkylation sites (N-methyl/N-ethyl adjacent to an activating group) is 1. The molecule has 0 radical (unpaired) electrons. The molecule has 0 saturated carbocycles. The lowest BCUT2D eigenvalue weighted by Gasteiger charge is -2.29. The van der Waals surface area contributed by atoms with E-state index in [0.29, 0.717) is 5.56 Å². The highest BCUT2D eigenvalue weighted by atomic mass is 19.4. The van der Waals surface area contributed by atoms with Gasteiger partial charge in [0.2, 0.25) is 0 Å². The molecule has 9 heteroatoms. The maximum Gasteiger partial charge on any atom is 0.440 e. The van der Waals surface area contributed by atoms with Crippen molar-refractivity contribution in [2.75, 3.05) is 7.05 Å². The van der Waals surface area contributed by atoms with Crippen molar-refractivity contribution in [2.45, 2.75) is 18.8 Å². The Hall–Kier alpha value is -2.58. The molecule has 118 valence electrons. The van der Waals surface area contributed by atoms with Crippen molar-refractivity contribution in [3.63, 3.8) is 0 Å². The molecule has 1 aliphatic heterocycles. The third-order valence-electron chi connectivity index (χ3n) is 3.34. The van der Waals surface area contributed by atoms with E-state index >= 15 is 0 Å². The van der Waals surface area contributed by atoms with Crippen LogP contribution in [-0.4, -0.2) is 41.6 Å². The molecule has 1 fully saturated rings. The number of nitrogens with one attached hydrogen (secondary N) is 2. The van der Waals surface area contributed by atoms with E-state index in [1.165, 1.54) is 30.4 Å². The normalized spacial score (nSPS) is 21.8. The topological polar surface area (TPSA) is 78.5 Å². The average Bonchev–Trinajstić information content (AvgIpc) is 2.64. The number of carbonyl (C=O) groups is 3. The number of nitrogens with zero attached hydrogens (tertiary/aromatic N) is 1. The van der Waals surface area contributed by atoms with Gasteiger partial charge in [-0.3, -0.25) is 19.8 Å². The summed E-state index contributed by atoms with van der Waals surface area (Å²) in [6.45, 7) is 1.54. The molecule has 1 heterocycles. The molecule has 2 rings (SSSR count). The van der Waals surface area contributed by atoms with Crippen molar-refractivity contribution >= 4 is 17.8 Å². The first-order chi connectivity index (χ1) is 10.1. The fourth-order valence-corrected chi connectivity index (χ4v) is 2.05. The molecule has 0 spiro atoms. The van der Waals surface area contributed by atoms with Crippen LogP contribution in [0.5, 0.6) is 0 Å². The summed E-state index contributed by atoms with van der Waals surface area (Å²) in [7, 11) is 0.894. The van der Waals surface area contributed by atoms with E-state index in [2.05, 4.69) is 0 Å². The van der Waals surface area contributed by atoms with E-state index < -0.39 is 29.7 Å². The first-order valence-electron chi connectivity index (χ1n) is 6.15. The molecule has 6 nitrogen and oxygen atoms in total. The molecule has 1 aliphatic rings.